The number of hydrogen-bond acceptors (Lipinski definition) is 4. The topological polar surface area (TPSA) is 45.3 Å². The van der Waals surface area contributed by atoms with Crippen molar-refractivity contribution in [3.05, 3.63) is 35.4 Å². The Bertz CT molecular complexity index is 380. The van der Waals surface area contributed by atoms with Gasteiger partial charge in [0.2, 0.25) is 0 Å². The number of hydrogen-bond donors (Lipinski definition) is 3. The first-order valence-electron chi connectivity index (χ1n) is 5.39. The van der Waals surface area contributed by atoms with Gasteiger partial charge in [-0.15, -0.1) is 0 Å². The normalized spacial score (nSPS) is 19.5. The molecule has 0 aromatic heterocycles. The fourth-order valence-corrected chi connectivity index (χ4v) is 1.57. The molecular weight excluding hydrogens is 202 g/mol. The molecule has 1 fully saturated rings. The van der Waals surface area contributed by atoms with E-state index in [2.05, 4.69) is 42.4 Å². The van der Waals surface area contributed by atoms with E-state index in [1.165, 1.54) is 5.57 Å². The molecule has 4 heteroatoms. The molecule has 3 N–H and O–H groups in total. The molecular formula is C12H17N3O. The van der Waals surface area contributed by atoms with Crippen LogP contribution in [0, 0.1) is 0 Å². The van der Waals surface area contributed by atoms with Crippen LogP contribution in [0.15, 0.2) is 29.8 Å². The van der Waals surface area contributed by atoms with E-state index in [1.807, 2.05) is 18.2 Å². The van der Waals surface area contributed by atoms with Crippen LogP contribution in [0.1, 0.15) is 19.4 Å². The molecule has 0 amide bonds. The summed E-state index contributed by atoms with van der Waals surface area (Å²) < 4.78 is 5.73. The Balaban J connectivity index is 2.06. The Labute approximate surface area is 95.6 Å². The lowest BCUT2D eigenvalue weighted by Crippen LogP contribution is -2.36. The zero-order valence-electron chi connectivity index (χ0n) is 9.58. The summed E-state index contributed by atoms with van der Waals surface area (Å²) in [6.45, 7) is 4.91. The van der Waals surface area contributed by atoms with Gasteiger partial charge >= 0.3 is 0 Å². The molecule has 16 heavy (non-hydrogen) atoms. The molecule has 86 valence electrons. The van der Waals surface area contributed by atoms with Crippen molar-refractivity contribution in [3.63, 3.8) is 0 Å². The molecule has 0 aliphatic carbocycles. The van der Waals surface area contributed by atoms with Gasteiger partial charge in [0.1, 0.15) is 5.75 Å². The Morgan fingerprint density at radius 3 is 3.00 bits per heavy atom. The molecule has 0 bridgehead atoms. The van der Waals surface area contributed by atoms with Crippen molar-refractivity contribution in [2.24, 2.45) is 0 Å². The molecule has 0 spiro atoms. The minimum Gasteiger partial charge on any atom is -0.473 e. The van der Waals surface area contributed by atoms with Crippen LogP contribution < -0.4 is 21.1 Å². The lowest BCUT2D eigenvalue weighted by Gasteiger charge is -2.12. The summed E-state index contributed by atoms with van der Waals surface area (Å²) in [4.78, 5) is 0. The highest BCUT2D eigenvalue weighted by Gasteiger charge is 2.14. The van der Waals surface area contributed by atoms with E-state index < -0.39 is 0 Å². The summed E-state index contributed by atoms with van der Waals surface area (Å²) in [6.07, 6.45) is 2.10. The number of benzene rings is 1. The third-order valence-electron chi connectivity index (χ3n) is 2.20. The Hall–Kier alpha value is -1.36. The first-order chi connectivity index (χ1) is 7.74. The summed E-state index contributed by atoms with van der Waals surface area (Å²) in [5.41, 5.74) is 11.2. The van der Waals surface area contributed by atoms with Crippen LogP contribution in [-0.4, -0.2) is 12.8 Å². The molecule has 1 aliphatic heterocycles. The number of nitrogens with one attached hydrogen (secondary N) is 3. The van der Waals surface area contributed by atoms with Gasteiger partial charge in [0, 0.05) is 0 Å². The van der Waals surface area contributed by atoms with Gasteiger partial charge in [0.15, 0.2) is 6.23 Å². The van der Waals surface area contributed by atoms with Crippen LogP contribution in [-0.2, 0) is 0 Å². The van der Waals surface area contributed by atoms with Crippen LogP contribution >= 0.6 is 0 Å². The summed E-state index contributed by atoms with van der Waals surface area (Å²) in [7, 11) is 0. The van der Waals surface area contributed by atoms with Crippen molar-refractivity contribution in [2.75, 3.05) is 6.54 Å². The number of ether oxygens (including phenoxy) is 1. The van der Waals surface area contributed by atoms with Crippen molar-refractivity contribution in [3.8, 4) is 5.75 Å². The average Bonchev–Trinajstić information content (AvgIpc) is 2.70. The van der Waals surface area contributed by atoms with Gasteiger partial charge in [0.25, 0.3) is 0 Å². The molecule has 1 unspecified atom stereocenters. The van der Waals surface area contributed by atoms with Gasteiger partial charge < -0.3 is 4.74 Å². The van der Waals surface area contributed by atoms with E-state index in [1.54, 1.807) is 0 Å². The predicted octanol–water partition coefficient (Wildman–Crippen LogP) is 1.43. The molecule has 1 aliphatic rings. The van der Waals surface area contributed by atoms with Gasteiger partial charge in [-0.2, -0.15) is 5.53 Å². The summed E-state index contributed by atoms with van der Waals surface area (Å²) in [5, 5.41) is 0. The monoisotopic (exact) mass is 219 g/mol. The molecule has 1 aromatic carbocycles. The first-order valence-corrected chi connectivity index (χ1v) is 5.39. The van der Waals surface area contributed by atoms with Crippen molar-refractivity contribution in [1.82, 2.24) is 16.4 Å². The van der Waals surface area contributed by atoms with E-state index in [9.17, 15) is 0 Å². The van der Waals surface area contributed by atoms with Crippen LogP contribution in [0.3, 0.4) is 0 Å². The number of hydrazine groups is 2. The maximum Gasteiger partial charge on any atom is 0.177 e. The quantitative estimate of drug-likeness (QED) is 0.719. The van der Waals surface area contributed by atoms with Crippen molar-refractivity contribution >= 4 is 6.08 Å². The predicted molar refractivity (Wildman–Crippen MR) is 64.5 cm³/mol. The second-order valence-corrected chi connectivity index (χ2v) is 4.05. The molecule has 1 aromatic rings. The zero-order chi connectivity index (χ0) is 11.4. The molecule has 0 radical (unpaired) electrons. The standard InChI is InChI=1S/C12H17N3O/c1-9(2)6-10-4-3-5-11(7-10)16-12-8-13-15-14-12/h3-7,12-15H,8H2,1-2H3. The van der Waals surface area contributed by atoms with Crippen LogP contribution in [0.25, 0.3) is 6.08 Å². The highest BCUT2D eigenvalue weighted by atomic mass is 16.5. The maximum atomic E-state index is 5.73. The van der Waals surface area contributed by atoms with E-state index in [4.69, 9.17) is 4.74 Å². The first kappa shape index (κ1) is 11.1. The zero-order valence-corrected chi connectivity index (χ0v) is 9.58. The van der Waals surface area contributed by atoms with E-state index in [0.29, 0.717) is 0 Å². The summed E-state index contributed by atoms with van der Waals surface area (Å²) in [5.74, 6) is 0.873. The van der Waals surface area contributed by atoms with E-state index >= 15 is 0 Å². The molecule has 4 nitrogen and oxygen atoms in total. The second kappa shape index (κ2) is 5.12. The smallest absolute Gasteiger partial charge is 0.177 e. The number of allylic oxidation sites excluding steroid dienone is 1. The van der Waals surface area contributed by atoms with Gasteiger partial charge in [-0.3, -0.25) is 0 Å². The lowest BCUT2D eigenvalue weighted by molar-refractivity contribution is 0.191. The number of rotatable bonds is 3. The molecule has 1 saturated heterocycles. The van der Waals surface area contributed by atoms with Crippen molar-refractivity contribution < 1.29 is 4.74 Å². The Morgan fingerprint density at radius 2 is 2.31 bits per heavy atom. The van der Waals surface area contributed by atoms with E-state index in [-0.39, 0.29) is 6.23 Å². The lowest BCUT2D eigenvalue weighted by atomic mass is 10.1. The fraction of sp³-hybridized carbons (Fsp3) is 0.333. The van der Waals surface area contributed by atoms with Crippen molar-refractivity contribution in [2.45, 2.75) is 20.1 Å². The van der Waals surface area contributed by atoms with Crippen LogP contribution in [0.2, 0.25) is 0 Å². The third-order valence-corrected chi connectivity index (χ3v) is 2.20. The van der Waals surface area contributed by atoms with Gasteiger partial charge in [-0.25, -0.2) is 10.9 Å². The van der Waals surface area contributed by atoms with Gasteiger partial charge in [0.05, 0.1) is 6.54 Å². The molecule has 2 rings (SSSR count). The maximum absolute atomic E-state index is 5.73. The van der Waals surface area contributed by atoms with Crippen LogP contribution in [0.4, 0.5) is 0 Å². The highest BCUT2D eigenvalue weighted by molar-refractivity contribution is 5.53. The molecule has 0 saturated carbocycles. The molecule has 1 atom stereocenters. The minimum absolute atomic E-state index is 0.0260. The molecule has 1 heterocycles. The average molecular weight is 219 g/mol. The van der Waals surface area contributed by atoms with Crippen LogP contribution in [0.5, 0.6) is 5.75 Å². The summed E-state index contributed by atoms with van der Waals surface area (Å²) >= 11 is 0. The largest absolute Gasteiger partial charge is 0.473 e. The van der Waals surface area contributed by atoms with Crippen molar-refractivity contribution in [1.29, 1.82) is 0 Å². The Kier molecular flexibility index (Phi) is 3.56. The van der Waals surface area contributed by atoms with Gasteiger partial charge in [-0.1, -0.05) is 23.8 Å². The summed E-state index contributed by atoms with van der Waals surface area (Å²) in [6, 6.07) is 8.06. The van der Waals surface area contributed by atoms with E-state index in [0.717, 1.165) is 17.9 Å². The third kappa shape index (κ3) is 3.06. The highest BCUT2D eigenvalue weighted by Crippen LogP contribution is 2.16. The second-order valence-electron chi connectivity index (χ2n) is 4.05. The minimum atomic E-state index is -0.0260. The Morgan fingerprint density at radius 1 is 1.44 bits per heavy atom. The fourth-order valence-electron chi connectivity index (χ4n) is 1.57. The van der Waals surface area contributed by atoms with Gasteiger partial charge in [-0.05, 0) is 31.5 Å². The SMILES string of the molecule is CC(C)=Cc1cccc(OC2CNNN2)c1.